The Labute approximate surface area is 173 Å². The molecule has 0 spiro atoms. The van der Waals surface area contributed by atoms with Crippen LogP contribution in [0.25, 0.3) is 0 Å². The van der Waals surface area contributed by atoms with Crippen LogP contribution in [0.5, 0.6) is 0 Å². The highest BCUT2D eigenvalue weighted by molar-refractivity contribution is 5.79. The van der Waals surface area contributed by atoms with Crippen molar-refractivity contribution in [1.82, 2.24) is 4.90 Å². The van der Waals surface area contributed by atoms with E-state index in [9.17, 15) is 14.7 Å². The molecular formula is C23H33NO5. The van der Waals surface area contributed by atoms with Crippen LogP contribution >= 0.6 is 0 Å². The topological polar surface area (TPSA) is 76.1 Å². The lowest BCUT2D eigenvalue weighted by molar-refractivity contribution is -0.184. The van der Waals surface area contributed by atoms with Gasteiger partial charge in [-0.3, -0.25) is 4.79 Å². The number of piperidine rings is 1. The van der Waals surface area contributed by atoms with Crippen LogP contribution in [0.1, 0.15) is 46.1 Å². The van der Waals surface area contributed by atoms with E-state index >= 15 is 0 Å². The molecule has 1 N–H and O–H groups in total. The van der Waals surface area contributed by atoms with Crippen LogP contribution in [0.3, 0.4) is 0 Å². The van der Waals surface area contributed by atoms with E-state index in [1.807, 2.05) is 58.0 Å². The van der Waals surface area contributed by atoms with Gasteiger partial charge in [-0.15, -0.1) is 6.58 Å². The lowest BCUT2D eigenvalue weighted by atomic mass is 9.73. The second kappa shape index (κ2) is 9.44. The normalized spacial score (nSPS) is 23.3. The predicted molar refractivity (Wildman–Crippen MR) is 111 cm³/mol. The minimum Gasteiger partial charge on any atom is -0.465 e. The highest BCUT2D eigenvalue weighted by atomic mass is 16.6. The molecule has 1 fully saturated rings. The molecule has 0 bridgehead atoms. The molecule has 0 radical (unpaired) electrons. The van der Waals surface area contributed by atoms with Crippen LogP contribution in [-0.2, 0) is 20.9 Å². The first-order chi connectivity index (χ1) is 13.6. The van der Waals surface area contributed by atoms with Gasteiger partial charge in [-0.25, -0.2) is 4.79 Å². The summed E-state index contributed by atoms with van der Waals surface area (Å²) in [5.41, 5.74) is -0.196. The Morgan fingerprint density at radius 2 is 2.00 bits per heavy atom. The Balaban J connectivity index is 2.29. The van der Waals surface area contributed by atoms with Crippen molar-refractivity contribution in [2.45, 2.75) is 59.4 Å². The fourth-order valence-corrected chi connectivity index (χ4v) is 3.38. The molecule has 0 aromatic heterocycles. The molecule has 1 aromatic carbocycles. The number of hydrogen-bond acceptors (Lipinski definition) is 4. The summed E-state index contributed by atoms with van der Waals surface area (Å²) in [6.45, 7) is 12.4. The van der Waals surface area contributed by atoms with Crippen LogP contribution in [0, 0.1) is 10.8 Å². The standard InChI is InChI=1S/C23H33NO5/c1-6-12-23(20(25)29-17(2)22(3,4)5)13-14-24(21(26)27)15-19(23)28-16-18-10-8-7-9-11-18/h6-11,17,19H,1,12-16H2,2-5H3,(H,26,27)/t17-,19?,23?/m1/s1. The Hall–Kier alpha value is -2.34. The van der Waals surface area contributed by atoms with Crippen molar-refractivity contribution in [3.05, 3.63) is 48.6 Å². The zero-order valence-corrected chi connectivity index (χ0v) is 17.9. The average Bonchev–Trinajstić information content (AvgIpc) is 2.67. The number of carboxylic acid groups (broad SMARTS) is 1. The van der Waals surface area contributed by atoms with Crippen molar-refractivity contribution in [1.29, 1.82) is 0 Å². The van der Waals surface area contributed by atoms with Gasteiger partial charge >= 0.3 is 12.1 Å². The van der Waals surface area contributed by atoms with Gasteiger partial charge in [-0.1, -0.05) is 57.2 Å². The summed E-state index contributed by atoms with van der Waals surface area (Å²) in [4.78, 5) is 26.2. The van der Waals surface area contributed by atoms with Crippen molar-refractivity contribution >= 4 is 12.1 Å². The molecule has 29 heavy (non-hydrogen) atoms. The molecule has 1 aliphatic heterocycles. The van der Waals surface area contributed by atoms with Crippen molar-refractivity contribution < 1.29 is 24.2 Å². The summed E-state index contributed by atoms with van der Waals surface area (Å²) < 4.78 is 12.0. The highest BCUT2D eigenvalue weighted by Crippen LogP contribution is 2.40. The van der Waals surface area contributed by atoms with Gasteiger partial charge in [-0.05, 0) is 30.7 Å². The van der Waals surface area contributed by atoms with Gasteiger partial charge in [0, 0.05) is 6.54 Å². The molecule has 1 amide bonds. The van der Waals surface area contributed by atoms with Gasteiger partial charge < -0.3 is 19.5 Å². The molecule has 1 saturated heterocycles. The van der Waals surface area contributed by atoms with Crippen molar-refractivity contribution in [2.24, 2.45) is 10.8 Å². The Bertz CT molecular complexity index is 712. The molecule has 0 aliphatic carbocycles. The molecule has 1 aromatic rings. The molecule has 1 heterocycles. The molecule has 1 aliphatic rings. The van der Waals surface area contributed by atoms with E-state index in [0.29, 0.717) is 19.4 Å². The number of allylic oxidation sites excluding steroid dienone is 1. The van der Waals surface area contributed by atoms with Crippen molar-refractivity contribution in [3.8, 4) is 0 Å². The summed E-state index contributed by atoms with van der Waals surface area (Å²) >= 11 is 0. The Morgan fingerprint density at radius 1 is 1.34 bits per heavy atom. The number of carbonyl (C=O) groups excluding carboxylic acids is 1. The lowest BCUT2D eigenvalue weighted by Gasteiger charge is -2.45. The molecule has 6 heteroatoms. The first kappa shape index (κ1) is 22.9. The third-order valence-electron chi connectivity index (χ3n) is 5.81. The molecule has 2 rings (SSSR count). The first-order valence-corrected chi connectivity index (χ1v) is 10.1. The molecule has 6 nitrogen and oxygen atoms in total. The average molecular weight is 404 g/mol. The summed E-state index contributed by atoms with van der Waals surface area (Å²) in [5.74, 6) is -0.345. The fourth-order valence-electron chi connectivity index (χ4n) is 3.38. The van der Waals surface area contributed by atoms with E-state index in [-0.39, 0.29) is 30.6 Å². The van der Waals surface area contributed by atoms with E-state index in [2.05, 4.69) is 6.58 Å². The maximum Gasteiger partial charge on any atom is 0.407 e. The SMILES string of the molecule is C=CCC1(C(=O)O[C@H](C)C(C)(C)C)CCN(C(=O)O)CC1OCc1ccccc1. The number of likely N-dealkylation sites (tertiary alicyclic amines) is 1. The quantitative estimate of drug-likeness (QED) is 0.536. The van der Waals surface area contributed by atoms with Crippen LogP contribution in [-0.4, -0.2) is 47.4 Å². The summed E-state index contributed by atoms with van der Waals surface area (Å²) in [6, 6.07) is 9.63. The molecule has 160 valence electrons. The van der Waals surface area contributed by atoms with Gasteiger partial charge in [0.25, 0.3) is 0 Å². The van der Waals surface area contributed by atoms with Crippen LogP contribution in [0.2, 0.25) is 0 Å². The number of esters is 1. The first-order valence-electron chi connectivity index (χ1n) is 10.1. The van der Waals surface area contributed by atoms with Crippen LogP contribution in [0.15, 0.2) is 43.0 Å². The monoisotopic (exact) mass is 403 g/mol. The van der Waals surface area contributed by atoms with E-state index in [1.54, 1.807) is 6.08 Å². The van der Waals surface area contributed by atoms with Crippen LogP contribution < -0.4 is 0 Å². The summed E-state index contributed by atoms with van der Waals surface area (Å²) in [6.07, 6.45) is 0.477. The zero-order chi connectivity index (χ0) is 21.7. The Kier molecular flexibility index (Phi) is 7.47. The molecule has 2 unspecified atom stereocenters. The summed E-state index contributed by atoms with van der Waals surface area (Å²) in [5, 5.41) is 9.47. The maximum atomic E-state index is 13.3. The number of carbonyl (C=O) groups is 2. The fraction of sp³-hybridized carbons (Fsp3) is 0.565. The molecule has 0 saturated carbocycles. The van der Waals surface area contributed by atoms with Crippen molar-refractivity contribution in [2.75, 3.05) is 13.1 Å². The van der Waals surface area contributed by atoms with E-state index in [0.717, 1.165) is 5.56 Å². The van der Waals surface area contributed by atoms with Crippen molar-refractivity contribution in [3.63, 3.8) is 0 Å². The van der Waals surface area contributed by atoms with Crippen LogP contribution in [0.4, 0.5) is 4.79 Å². The smallest absolute Gasteiger partial charge is 0.407 e. The second-order valence-electron chi connectivity index (χ2n) is 8.83. The third-order valence-corrected chi connectivity index (χ3v) is 5.81. The zero-order valence-electron chi connectivity index (χ0n) is 17.9. The van der Waals surface area contributed by atoms with Gasteiger partial charge in [-0.2, -0.15) is 0 Å². The van der Waals surface area contributed by atoms with E-state index in [1.165, 1.54) is 4.90 Å². The van der Waals surface area contributed by atoms with Gasteiger partial charge in [0.05, 0.1) is 19.3 Å². The largest absolute Gasteiger partial charge is 0.465 e. The lowest BCUT2D eigenvalue weighted by Crippen LogP contribution is -2.57. The minimum absolute atomic E-state index is 0.120. The summed E-state index contributed by atoms with van der Waals surface area (Å²) in [7, 11) is 0. The third kappa shape index (κ3) is 5.60. The second-order valence-corrected chi connectivity index (χ2v) is 8.83. The van der Waals surface area contributed by atoms with E-state index in [4.69, 9.17) is 9.47 Å². The number of ether oxygens (including phenoxy) is 2. The number of rotatable bonds is 7. The molecule has 3 atom stereocenters. The number of benzene rings is 1. The number of hydrogen-bond donors (Lipinski definition) is 1. The highest BCUT2D eigenvalue weighted by Gasteiger charge is 2.51. The van der Waals surface area contributed by atoms with Gasteiger partial charge in [0.15, 0.2) is 0 Å². The van der Waals surface area contributed by atoms with Gasteiger partial charge in [0.1, 0.15) is 11.5 Å². The van der Waals surface area contributed by atoms with E-state index < -0.39 is 17.6 Å². The number of amides is 1. The molecular weight excluding hydrogens is 370 g/mol. The van der Waals surface area contributed by atoms with Gasteiger partial charge in [0.2, 0.25) is 0 Å². The predicted octanol–water partition coefficient (Wildman–Crippen LogP) is 4.50. The Morgan fingerprint density at radius 3 is 2.55 bits per heavy atom. The maximum absolute atomic E-state index is 13.3. The number of nitrogens with zero attached hydrogens (tertiary/aromatic N) is 1. The minimum atomic E-state index is -1.01.